The van der Waals surface area contributed by atoms with Crippen LogP contribution in [-0.4, -0.2) is 24.5 Å². The zero-order valence-electron chi connectivity index (χ0n) is 32.4. The van der Waals surface area contributed by atoms with Gasteiger partial charge in [0.25, 0.3) is 0 Å². The van der Waals surface area contributed by atoms with Crippen LogP contribution in [0.3, 0.4) is 0 Å². The van der Waals surface area contributed by atoms with Gasteiger partial charge in [-0.3, -0.25) is 4.57 Å². The summed E-state index contributed by atoms with van der Waals surface area (Å²) in [6.45, 7) is 4.66. The van der Waals surface area contributed by atoms with E-state index in [1.54, 1.807) is 0 Å². The van der Waals surface area contributed by atoms with E-state index in [1.807, 2.05) is 18.3 Å². The highest BCUT2D eigenvalue weighted by molar-refractivity contribution is 6.08. The number of aromatic nitrogens is 5. The zero-order valence-corrected chi connectivity index (χ0v) is 32.4. The van der Waals surface area contributed by atoms with Crippen LogP contribution in [0.1, 0.15) is 43.4 Å². The maximum atomic E-state index is 5.31. The second-order valence-corrected chi connectivity index (χ2v) is 15.8. The Morgan fingerprint density at radius 1 is 0.534 bits per heavy atom. The lowest BCUT2D eigenvalue weighted by Crippen LogP contribution is -2.15. The van der Waals surface area contributed by atoms with E-state index in [2.05, 4.69) is 176 Å². The first-order chi connectivity index (χ1) is 28.5. The number of para-hydroxylation sites is 1. The molecule has 5 heteroatoms. The van der Waals surface area contributed by atoms with Crippen LogP contribution >= 0.6 is 0 Å². The van der Waals surface area contributed by atoms with Gasteiger partial charge in [0.05, 0.1) is 5.52 Å². The van der Waals surface area contributed by atoms with Crippen LogP contribution in [0.5, 0.6) is 0 Å². The molecule has 3 aromatic heterocycles. The number of benzene rings is 6. The first-order valence-corrected chi connectivity index (χ1v) is 20.0. The fraction of sp³-hybridized carbons (Fsp3) is 0.0943. The van der Waals surface area contributed by atoms with Crippen LogP contribution < -0.4 is 0 Å². The van der Waals surface area contributed by atoms with Crippen LogP contribution in [-0.2, 0) is 5.41 Å². The highest BCUT2D eigenvalue weighted by atomic mass is 15.0. The van der Waals surface area contributed by atoms with Crippen molar-refractivity contribution in [1.82, 2.24) is 24.5 Å². The maximum Gasteiger partial charge on any atom is 0.164 e. The van der Waals surface area contributed by atoms with Crippen LogP contribution in [0.4, 0.5) is 0 Å². The molecule has 0 spiro atoms. The molecule has 2 aliphatic carbocycles. The molecule has 0 fully saturated rings. The highest BCUT2D eigenvalue weighted by Gasteiger charge is 2.38. The number of fused-ring (bicyclic) bond motifs is 6. The maximum absolute atomic E-state index is 5.31. The fourth-order valence-corrected chi connectivity index (χ4v) is 9.06. The van der Waals surface area contributed by atoms with Crippen molar-refractivity contribution in [3.05, 3.63) is 193 Å². The Bertz CT molecular complexity index is 3080. The SMILES string of the molecule is CC1(C)c2cc(-n3c4ccccc4c4cccnc43)ccc2-c2c(-c3nc(-c4ccc(-c5ccccc5)cc4)nc(-c4cccc(C5=CC=CCC5)c4)n3)cccc21. The highest BCUT2D eigenvalue weighted by Crippen LogP contribution is 2.52. The summed E-state index contributed by atoms with van der Waals surface area (Å²) in [5, 5.41) is 2.35. The third-order valence-electron chi connectivity index (χ3n) is 12.0. The van der Waals surface area contributed by atoms with Crippen molar-refractivity contribution >= 4 is 27.5 Å². The van der Waals surface area contributed by atoms with E-state index in [-0.39, 0.29) is 5.41 Å². The van der Waals surface area contributed by atoms with Crippen molar-refractivity contribution in [2.24, 2.45) is 0 Å². The van der Waals surface area contributed by atoms with E-state index in [1.165, 1.54) is 44.3 Å². The van der Waals surface area contributed by atoms with Crippen LogP contribution in [0, 0.1) is 0 Å². The van der Waals surface area contributed by atoms with Crippen LogP contribution in [0.25, 0.3) is 89.6 Å². The zero-order chi connectivity index (χ0) is 38.8. The molecule has 0 bridgehead atoms. The van der Waals surface area contributed by atoms with Gasteiger partial charge in [-0.05, 0) is 93.8 Å². The quantitative estimate of drug-likeness (QED) is 0.170. The first-order valence-electron chi connectivity index (χ1n) is 20.0. The Balaban J connectivity index is 1.08. The second kappa shape index (κ2) is 13.5. The molecule has 0 amide bonds. The van der Waals surface area contributed by atoms with Gasteiger partial charge in [0.2, 0.25) is 0 Å². The van der Waals surface area contributed by atoms with E-state index in [4.69, 9.17) is 19.9 Å². The van der Waals surface area contributed by atoms with Crippen molar-refractivity contribution in [3.8, 4) is 62.1 Å². The summed E-state index contributed by atoms with van der Waals surface area (Å²) in [5.74, 6) is 1.97. The molecule has 58 heavy (non-hydrogen) atoms. The summed E-state index contributed by atoms with van der Waals surface area (Å²) in [4.78, 5) is 20.6. The Labute approximate surface area is 337 Å². The molecular weight excluding hydrogens is 707 g/mol. The number of rotatable bonds is 6. The van der Waals surface area contributed by atoms with E-state index in [0.29, 0.717) is 17.5 Å². The number of allylic oxidation sites excluding steroid dienone is 4. The predicted molar refractivity (Wildman–Crippen MR) is 238 cm³/mol. The molecule has 0 N–H and O–H groups in total. The Morgan fingerprint density at radius 3 is 2.09 bits per heavy atom. The summed E-state index contributed by atoms with van der Waals surface area (Å²) in [6.07, 6.45) is 10.5. The van der Waals surface area contributed by atoms with Gasteiger partial charge in [0.1, 0.15) is 5.65 Å². The van der Waals surface area contributed by atoms with Crippen LogP contribution in [0.15, 0.2) is 176 Å². The summed E-state index contributed by atoms with van der Waals surface area (Å²) in [7, 11) is 0. The van der Waals surface area contributed by atoms with Gasteiger partial charge in [-0.1, -0.05) is 147 Å². The van der Waals surface area contributed by atoms with Crippen molar-refractivity contribution in [2.75, 3.05) is 0 Å². The lowest BCUT2D eigenvalue weighted by Gasteiger charge is -2.22. The molecule has 3 heterocycles. The molecule has 0 aliphatic heterocycles. The molecule has 2 aliphatic rings. The Morgan fingerprint density at radius 2 is 1.24 bits per heavy atom. The first kappa shape index (κ1) is 34.0. The van der Waals surface area contributed by atoms with Gasteiger partial charge >= 0.3 is 0 Å². The molecule has 0 unspecified atom stereocenters. The monoisotopic (exact) mass is 745 g/mol. The summed E-state index contributed by atoms with van der Waals surface area (Å²) in [5.41, 5.74) is 15.6. The van der Waals surface area contributed by atoms with Gasteiger partial charge in [0, 0.05) is 44.8 Å². The van der Waals surface area contributed by atoms with Gasteiger partial charge in [-0.15, -0.1) is 0 Å². The number of nitrogens with zero attached hydrogens (tertiary/aromatic N) is 5. The Hall–Kier alpha value is -7.24. The molecule has 276 valence electrons. The fourth-order valence-electron chi connectivity index (χ4n) is 9.06. The van der Waals surface area contributed by atoms with Gasteiger partial charge in [-0.25, -0.2) is 19.9 Å². The number of hydrogen-bond acceptors (Lipinski definition) is 4. The largest absolute Gasteiger partial charge is 0.294 e. The second-order valence-electron chi connectivity index (χ2n) is 15.8. The van der Waals surface area contributed by atoms with Gasteiger partial charge in [-0.2, -0.15) is 0 Å². The average molecular weight is 746 g/mol. The third-order valence-corrected chi connectivity index (χ3v) is 12.0. The van der Waals surface area contributed by atoms with Gasteiger partial charge < -0.3 is 0 Å². The van der Waals surface area contributed by atoms with E-state index >= 15 is 0 Å². The summed E-state index contributed by atoms with van der Waals surface area (Å²) >= 11 is 0. The molecular formula is C53H39N5. The summed E-state index contributed by atoms with van der Waals surface area (Å²) < 4.78 is 2.30. The number of hydrogen-bond donors (Lipinski definition) is 0. The van der Waals surface area contributed by atoms with Gasteiger partial charge in [0.15, 0.2) is 17.5 Å². The standard InChI is InChI=1S/C53H39N5/c1-53(2)45-23-12-21-44(48(45)43-30-29-40(33-46(43)53)58-47-24-10-9-20-41(47)42-22-13-31-54-52(42)58)51-56-49(37-27-25-36(26-28-37)34-14-5-3-6-15-34)55-50(57-51)39-19-11-18-38(32-39)35-16-7-4-8-17-35/h3-7,9-16,18-33H,8,17H2,1-2H3. The van der Waals surface area contributed by atoms with E-state index in [0.717, 1.165) is 57.3 Å². The smallest absolute Gasteiger partial charge is 0.164 e. The normalized spacial score (nSPS) is 14.1. The van der Waals surface area contributed by atoms with Crippen molar-refractivity contribution in [3.63, 3.8) is 0 Å². The van der Waals surface area contributed by atoms with E-state index < -0.39 is 0 Å². The minimum Gasteiger partial charge on any atom is -0.294 e. The molecule has 6 aromatic carbocycles. The lowest BCUT2D eigenvalue weighted by molar-refractivity contribution is 0.660. The topological polar surface area (TPSA) is 56.5 Å². The third kappa shape index (κ3) is 5.53. The van der Waals surface area contributed by atoms with Crippen molar-refractivity contribution < 1.29 is 0 Å². The van der Waals surface area contributed by atoms with Crippen molar-refractivity contribution in [2.45, 2.75) is 32.1 Å². The van der Waals surface area contributed by atoms with E-state index in [9.17, 15) is 0 Å². The molecule has 5 nitrogen and oxygen atoms in total. The molecule has 0 saturated carbocycles. The molecule has 0 atom stereocenters. The molecule has 0 radical (unpaired) electrons. The predicted octanol–water partition coefficient (Wildman–Crippen LogP) is 13.1. The van der Waals surface area contributed by atoms with Crippen molar-refractivity contribution in [1.29, 1.82) is 0 Å². The Kier molecular flexibility index (Phi) is 7.90. The average Bonchev–Trinajstić information content (AvgIpc) is 3.75. The minimum absolute atomic E-state index is 0.272. The van der Waals surface area contributed by atoms with Crippen LogP contribution in [0.2, 0.25) is 0 Å². The molecule has 11 rings (SSSR count). The molecule has 9 aromatic rings. The number of pyridine rings is 1. The minimum atomic E-state index is -0.272. The summed E-state index contributed by atoms with van der Waals surface area (Å²) in [6, 6.07) is 53.9. The lowest BCUT2D eigenvalue weighted by atomic mass is 9.82. The molecule has 0 saturated heterocycles.